The van der Waals surface area contributed by atoms with E-state index in [1.807, 2.05) is 0 Å². The fraction of sp³-hybridized carbons (Fsp3) is 0.167. The summed E-state index contributed by atoms with van der Waals surface area (Å²) in [6, 6.07) is 12.4. The van der Waals surface area contributed by atoms with Gasteiger partial charge < -0.3 is 9.88 Å². The summed E-state index contributed by atoms with van der Waals surface area (Å²) in [6.07, 6.45) is 1.25. The van der Waals surface area contributed by atoms with E-state index in [1.54, 1.807) is 43.3 Å². The molecule has 134 valence electrons. The number of hydrogen-bond donors (Lipinski definition) is 1. The van der Waals surface area contributed by atoms with Crippen molar-refractivity contribution in [1.29, 1.82) is 5.26 Å². The van der Waals surface area contributed by atoms with Gasteiger partial charge in [0.25, 0.3) is 0 Å². The summed E-state index contributed by atoms with van der Waals surface area (Å²) in [5.41, 5.74) is 1.09. The number of benzene rings is 2. The number of rotatable bonds is 5. The molecule has 0 saturated heterocycles. The quantitative estimate of drug-likeness (QED) is 0.544. The van der Waals surface area contributed by atoms with Crippen LogP contribution in [0.1, 0.15) is 12.5 Å². The topological polar surface area (TPSA) is 70.7 Å². The van der Waals surface area contributed by atoms with Gasteiger partial charge in [-0.05, 0) is 36.4 Å². The highest BCUT2D eigenvalue weighted by Crippen LogP contribution is 2.37. The molecule has 0 bridgehead atoms. The lowest BCUT2D eigenvalue weighted by molar-refractivity contribution is -0.134. The van der Waals surface area contributed by atoms with Crippen molar-refractivity contribution in [2.45, 2.75) is 17.3 Å². The Kier molecular flexibility index (Phi) is 5.19. The summed E-state index contributed by atoms with van der Waals surface area (Å²) in [7, 11) is 5.97. The third-order valence-corrected chi connectivity index (χ3v) is 4.75. The van der Waals surface area contributed by atoms with E-state index in [0.29, 0.717) is 22.0 Å². The molecule has 27 heavy (non-hydrogen) atoms. The van der Waals surface area contributed by atoms with E-state index < -0.39 is 11.2 Å². The van der Waals surface area contributed by atoms with Crippen LogP contribution in [-0.4, -0.2) is 35.1 Å². The number of fused-ring (bicyclic) bond motifs is 1. The van der Waals surface area contributed by atoms with Gasteiger partial charge in [0.2, 0.25) is 0 Å². The molecule has 0 aliphatic rings. The molecule has 2 aromatic carbocycles. The average molecular weight is 382 g/mol. The van der Waals surface area contributed by atoms with Gasteiger partial charge in [-0.3, -0.25) is 4.79 Å². The Morgan fingerprint density at radius 3 is 2.70 bits per heavy atom. The standard InChI is InChI=1S/C18H13BF2N4OS/c1-2-23-16(26)18(20,21)27-17-24-10-15(19)25(17)14-8-7-11(9-22)12-5-3-4-6-13(12)14/h3-8,10H,2H2,1H3,(H,23,26). The van der Waals surface area contributed by atoms with Crippen LogP contribution >= 0.6 is 11.8 Å². The molecule has 2 radical (unpaired) electrons. The number of nitrogens with zero attached hydrogens (tertiary/aromatic N) is 3. The van der Waals surface area contributed by atoms with Gasteiger partial charge in [0.1, 0.15) is 7.85 Å². The number of alkyl halides is 2. The summed E-state index contributed by atoms with van der Waals surface area (Å²) in [4.78, 5) is 15.6. The first-order valence-electron chi connectivity index (χ1n) is 7.99. The Balaban J connectivity index is 2.13. The van der Waals surface area contributed by atoms with Crippen molar-refractivity contribution in [2.75, 3.05) is 6.54 Å². The number of nitrogens with one attached hydrogen (secondary N) is 1. The third kappa shape index (κ3) is 3.53. The summed E-state index contributed by atoms with van der Waals surface area (Å²) >= 11 is 0.0162. The first-order chi connectivity index (χ1) is 12.9. The Bertz CT molecular complexity index is 1060. The number of nitriles is 1. The molecule has 0 fully saturated rings. The Labute approximate surface area is 159 Å². The maximum atomic E-state index is 14.2. The smallest absolute Gasteiger partial charge is 0.350 e. The number of carbonyl (C=O) groups is 1. The number of thioether (sulfide) groups is 1. The summed E-state index contributed by atoms with van der Waals surface area (Å²) in [5.74, 6) is -1.40. The van der Waals surface area contributed by atoms with Crippen LogP contribution in [-0.2, 0) is 4.79 Å². The number of amides is 1. The lowest BCUT2D eigenvalue weighted by Crippen LogP contribution is -2.37. The molecule has 0 spiro atoms. The molecule has 0 aliphatic heterocycles. The maximum Gasteiger partial charge on any atom is 0.377 e. The van der Waals surface area contributed by atoms with E-state index in [0.717, 1.165) is 0 Å². The average Bonchev–Trinajstić information content (AvgIpc) is 3.00. The summed E-state index contributed by atoms with van der Waals surface area (Å²) in [5, 5.41) is 8.87. The molecule has 1 aromatic heterocycles. The Hall–Kier alpha value is -2.86. The van der Waals surface area contributed by atoms with E-state index in [1.165, 1.54) is 10.8 Å². The van der Waals surface area contributed by atoms with Crippen molar-refractivity contribution in [2.24, 2.45) is 0 Å². The van der Waals surface area contributed by atoms with Crippen LogP contribution in [0.3, 0.4) is 0 Å². The van der Waals surface area contributed by atoms with Gasteiger partial charge in [-0.2, -0.15) is 14.0 Å². The minimum atomic E-state index is -3.71. The molecular weight excluding hydrogens is 369 g/mol. The van der Waals surface area contributed by atoms with Crippen molar-refractivity contribution in [3.63, 3.8) is 0 Å². The van der Waals surface area contributed by atoms with Crippen LogP contribution in [0.15, 0.2) is 47.8 Å². The van der Waals surface area contributed by atoms with Gasteiger partial charge >= 0.3 is 11.2 Å². The summed E-state index contributed by atoms with van der Waals surface area (Å²) in [6.45, 7) is 1.65. The minimum Gasteiger partial charge on any atom is -0.350 e. The Morgan fingerprint density at radius 1 is 1.33 bits per heavy atom. The first kappa shape index (κ1) is 18.9. The molecule has 0 aliphatic carbocycles. The molecule has 0 saturated carbocycles. The van der Waals surface area contributed by atoms with Crippen molar-refractivity contribution >= 4 is 41.9 Å². The van der Waals surface area contributed by atoms with Crippen LogP contribution in [0, 0.1) is 11.3 Å². The van der Waals surface area contributed by atoms with E-state index in [2.05, 4.69) is 16.4 Å². The highest BCUT2D eigenvalue weighted by atomic mass is 32.2. The number of halogens is 2. The van der Waals surface area contributed by atoms with E-state index in [4.69, 9.17) is 7.85 Å². The highest BCUT2D eigenvalue weighted by Gasteiger charge is 2.41. The van der Waals surface area contributed by atoms with Gasteiger partial charge in [-0.25, -0.2) is 4.98 Å². The second kappa shape index (κ2) is 7.41. The highest BCUT2D eigenvalue weighted by molar-refractivity contribution is 8.00. The zero-order valence-electron chi connectivity index (χ0n) is 14.2. The molecule has 5 nitrogen and oxygen atoms in total. The second-order valence-corrected chi connectivity index (χ2v) is 6.65. The molecule has 1 heterocycles. The number of aromatic nitrogens is 2. The largest absolute Gasteiger partial charge is 0.377 e. The molecule has 0 unspecified atom stereocenters. The van der Waals surface area contributed by atoms with Gasteiger partial charge in [0.05, 0.1) is 17.3 Å². The predicted octanol–water partition coefficient (Wildman–Crippen LogP) is 2.51. The fourth-order valence-electron chi connectivity index (χ4n) is 2.66. The van der Waals surface area contributed by atoms with E-state index in [-0.39, 0.29) is 29.1 Å². The zero-order valence-corrected chi connectivity index (χ0v) is 15.1. The molecule has 0 atom stereocenters. The molecule has 1 N–H and O–H groups in total. The van der Waals surface area contributed by atoms with Gasteiger partial charge in [-0.15, -0.1) is 0 Å². The second-order valence-electron chi connectivity index (χ2n) is 5.57. The first-order valence-corrected chi connectivity index (χ1v) is 8.81. The van der Waals surface area contributed by atoms with Crippen molar-refractivity contribution in [3.05, 3.63) is 48.2 Å². The summed E-state index contributed by atoms with van der Waals surface area (Å²) < 4.78 is 29.8. The third-order valence-electron chi connectivity index (χ3n) is 3.84. The maximum absolute atomic E-state index is 14.2. The Morgan fingerprint density at radius 2 is 2.04 bits per heavy atom. The van der Waals surface area contributed by atoms with Crippen LogP contribution < -0.4 is 10.9 Å². The lowest BCUT2D eigenvalue weighted by atomic mass is 10.0. The van der Waals surface area contributed by atoms with Gasteiger partial charge in [0.15, 0.2) is 5.16 Å². The minimum absolute atomic E-state index is 0.0162. The van der Waals surface area contributed by atoms with Crippen molar-refractivity contribution in [3.8, 4) is 11.8 Å². The molecular formula is C18H13BF2N4OS. The van der Waals surface area contributed by atoms with E-state index in [9.17, 15) is 18.8 Å². The number of carbonyl (C=O) groups excluding carboxylic acids is 1. The molecule has 9 heteroatoms. The molecule has 3 aromatic rings. The monoisotopic (exact) mass is 382 g/mol. The molecule has 3 rings (SSSR count). The van der Waals surface area contributed by atoms with Gasteiger partial charge in [0, 0.05) is 23.5 Å². The SMILES string of the molecule is [B]c1cnc(SC(F)(F)C(=O)NCC)n1-c1ccc(C#N)c2ccccc12. The lowest BCUT2D eigenvalue weighted by Gasteiger charge is -2.17. The number of hydrogen-bond acceptors (Lipinski definition) is 4. The normalized spacial score (nSPS) is 11.3. The zero-order chi connectivity index (χ0) is 19.6. The van der Waals surface area contributed by atoms with Crippen LogP contribution in [0.25, 0.3) is 16.5 Å². The molecule has 1 amide bonds. The van der Waals surface area contributed by atoms with Crippen LogP contribution in [0.5, 0.6) is 0 Å². The van der Waals surface area contributed by atoms with E-state index >= 15 is 0 Å². The fourth-order valence-corrected chi connectivity index (χ4v) is 3.46. The number of imidazole rings is 1. The van der Waals surface area contributed by atoms with Crippen molar-refractivity contribution < 1.29 is 13.6 Å². The van der Waals surface area contributed by atoms with Crippen LogP contribution in [0.4, 0.5) is 8.78 Å². The van der Waals surface area contributed by atoms with Gasteiger partial charge in [-0.1, -0.05) is 24.3 Å². The van der Waals surface area contributed by atoms with Crippen LogP contribution in [0.2, 0.25) is 0 Å². The predicted molar refractivity (Wildman–Crippen MR) is 101 cm³/mol. The van der Waals surface area contributed by atoms with Crippen molar-refractivity contribution in [1.82, 2.24) is 14.9 Å².